The Balaban J connectivity index is 1.65. The fraction of sp³-hybridized carbons (Fsp3) is 0.158. The van der Waals surface area contributed by atoms with Crippen molar-refractivity contribution in [2.24, 2.45) is 0 Å². The van der Waals surface area contributed by atoms with Gasteiger partial charge in [-0.1, -0.05) is 24.3 Å². The highest BCUT2D eigenvalue weighted by Gasteiger charge is 2.26. The van der Waals surface area contributed by atoms with Crippen LogP contribution in [0.4, 0.5) is 0 Å². The maximum absolute atomic E-state index is 12.7. The van der Waals surface area contributed by atoms with Gasteiger partial charge in [0, 0.05) is 24.2 Å². The molecule has 0 fully saturated rings. The molecule has 0 aliphatic carbocycles. The summed E-state index contributed by atoms with van der Waals surface area (Å²) in [6.45, 7) is 0.787. The molecule has 0 spiro atoms. The number of aromatic amines is 1. The van der Waals surface area contributed by atoms with Crippen LogP contribution < -0.4 is 5.56 Å². The maximum atomic E-state index is 12.7. The predicted octanol–water partition coefficient (Wildman–Crippen LogP) is 2.07. The molecule has 0 radical (unpaired) electrons. The molecule has 1 aromatic heterocycles. The SMILES string of the molecule is O=C(c1cccc(O)c1)N1CCc2[nH]n(-c3ccccc3)c(=O)c2C1. The van der Waals surface area contributed by atoms with E-state index in [2.05, 4.69) is 5.10 Å². The molecule has 1 amide bonds. The first-order chi connectivity index (χ1) is 12.1. The van der Waals surface area contributed by atoms with Crippen LogP contribution in [0.15, 0.2) is 59.4 Å². The van der Waals surface area contributed by atoms with Crippen LogP contribution in [0.3, 0.4) is 0 Å². The van der Waals surface area contributed by atoms with Gasteiger partial charge in [0.05, 0.1) is 17.8 Å². The summed E-state index contributed by atoms with van der Waals surface area (Å²) in [5, 5.41) is 12.7. The predicted molar refractivity (Wildman–Crippen MR) is 92.9 cm³/mol. The lowest BCUT2D eigenvalue weighted by Gasteiger charge is -2.26. The van der Waals surface area contributed by atoms with Crippen LogP contribution in [0.25, 0.3) is 5.69 Å². The molecule has 3 aromatic rings. The lowest BCUT2D eigenvalue weighted by molar-refractivity contribution is 0.0733. The Labute approximate surface area is 143 Å². The van der Waals surface area contributed by atoms with Crippen LogP contribution in [0.5, 0.6) is 5.75 Å². The van der Waals surface area contributed by atoms with E-state index in [0.29, 0.717) is 24.1 Å². The molecular formula is C19H17N3O3. The summed E-state index contributed by atoms with van der Waals surface area (Å²) < 4.78 is 1.52. The number of benzene rings is 2. The Morgan fingerprint density at radius 1 is 1.08 bits per heavy atom. The number of carbonyl (C=O) groups excluding carboxylic acids is 1. The first-order valence-corrected chi connectivity index (χ1v) is 8.10. The van der Waals surface area contributed by atoms with Gasteiger partial charge in [0.15, 0.2) is 0 Å². The number of carbonyl (C=O) groups is 1. The summed E-state index contributed by atoms with van der Waals surface area (Å²) in [5.74, 6) is -0.134. The number of phenolic OH excluding ortho intramolecular Hbond substituents is 1. The van der Waals surface area contributed by atoms with Crippen molar-refractivity contribution in [2.45, 2.75) is 13.0 Å². The van der Waals surface area contributed by atoms with Crippen LogP contribution in [-0.2, 0) is 13.0 Å². The van der Waals surface area contributed by atoms with E-state index in [1.807, 2.05) is 30.3 Å². The Morgan fingerprint density at radius 3 is 2.64 bits per heavy atom. The molecule has 0 atom stereocenters. The van der Waals surface area contributed by atoms with Crippen LogP contribution in [0, 0.1) is 0 Å². The number of rotatable bonds is 2. The quantitative estimate of drug-likeness (QED) is 0.752. The molecule has 2 heterocycles. The van der Waals surface area contributed by atoms with Crippen LogP contribution in [0.2, 0.25) is 0 Å². The Kier molecular flexibility index (Phi) is 3.65. The van der Waals surface area contributed by atoms with Crippen LogP contribution in [-0.4, -0.2) is 32.2 Å². The minimum absolute atomic E-state index is 0.0524. The second kappa shape index (κ2) is 5.98. The van der Waals surface area contributed by atoms with Crippen molar-refractivity contribution in [3.63, 3.8) is 0 Å². The van der Waals surface area contributed by atoms with E-state index in [0.717, 1.165) is 11.4 Å². The minimum atomic E-state index is -0.187. The number of fused-ring (bicyclic) bond motifs is 1. The molecule has 25 heavy (non-hydrogen) atoms. The van der Waals surface area contributed by atoms with Gasteiger partial charge < -0.3 is 10.0 Å². The van der Waals surface area contributed by atoms with Gasteiger partial charge in [0.1, 0.15) is 5.75 Å². The third kappa shape index (κ3) is 2.71. The van der Waals surface area contributed by atoms with Gasteiger partial charge in [0.25, 0.3) is 11.5 Å². The lowest BCUT2D eigenvalue weighted by Crippen LogP contribution is -2.37. The van der Waals surface area contributed by atoms with E-state index in [-0.39, 0.29) is 23.8 Å². The molecule has 2 aromatic carbocycles. The van der Waals surface area contributed by atoms with E-state index in [9.17, 15) is 14.7 Å². The summed E-state index contributed by atoms with van der Waals surface area (Å²) in [6.07, 6.45) is 0.592. The number of H-pyrrole nitrogens is 1. The van der Waals surface area contributed by atoms with Crippen molar-refractivity contribution >= 4 is 5.91 Å². The average molecular weight is 335 g/mol. The van der Waals surface area contributed by atoms with Crippen LogP contribution >= 0.6 is 0 Å². The molecule has 6 nitrogen and oxygen atoms in total. The standard InChI is InChI=1S/C19H17N3O3/c23-15-8-4-5-13(11-15)18(24)21-10-9-17-16(12-21)19(25)22(20-17)14-6-2-1-3-7-14/h1-8,11,20,23H,9-10,12H2. The van der Waals surface area contributed by atoms with E-state index >= 15 is 0 Å². The molecule has 2 N–H and O–H groups in total. The number of nitrogens with one attached hydrogen (secondary N) is 1. The molecule has 0 saturated carbocycles. The van der Waals surface area contributed by atoms with E-state index in [4.69, 9.17) is 0 Å². The zero-order valence-electron chi connectivity index (χ0n) is 13.5. The lowest BCUT2D eigenvalue weighted by atomic mass is 10.1. The molecular weight excluding hydrogens is 318 g/mol. The van der Waals surface area contributed by atoms with E-state index < -0.39 is 0 Å². The van der Waals surface area contributed by atoms with Gasteiger partial charge in [-0.2, -0.15) is 0 Å². The number of para-hydroxylation sites is 1. The largest absolute Gasteiger partial charge is 0.508 e. The smallest absolute Gasteiger partial charge is 0.276 e. The number of aromatic hydroxyl groups is 1. The molecule has 4 rings (SSSR count). The van der Waals surface area contributed by atoms with Gasteiger partial charge in [-0.05, 0) is 30.3 Å². The van der Waals surface area contributed by atoms with Gasteiger partial charge in [0.2, 0.25) is 0 Å². The Bertz CT molecular complexity index is 989. The summed E-state index contributed by atoms with van der Waals surface area (Å²) >= 11 is 0. The first kappa shape index (κ1) is 15.3. The number of aromatic nitrogens is 2. The van der Waals surface area contributed by atoms with Gasteiger partial charge in [-0.15, -0.1) is 0 Å². The highest BCUT2D eigenvalue weighted by atomic mass is 16.3. The zero-order valence-corrected chi connectivity index (χ0v) is 13.5. The highest BCUT2D eigenvalue weighted by molar-refractivity contribution is 5.94. The van der Waals surface area contributed by atoms with Gasteiger partial charge in [-0.3, -0.25) is 14.7 Å². The summed E-state index contributed by atoms with van der Waals surface area (Å²) in [5.41, 5.74) is 2.54. The van der Waals surface area contributed by atoms with E-state index in [1.54, 1.807) is 17.0 Å². The zero-order chi connectivity index (χ0) is 17.4. The molecule has 0 bridgehead atoms. The van der Waals surface area contributed by atoms with Gasteiger partial charge >= 0.3 is 0 Å². The van der Waals surface area contributed by atoms with Crippen molar-refractivity contribution < 1.29 is 9.90 Å². The Morgan fingerprint density at radius 2 is 1.88 bits per heavy atom. The summed E-state index contributed by atoms with van der Waals surface area (Å²) in [7, 11) is 0. The maximum Gasteiger partial charge on any atom is 0.276 e. The minimum Gasteiger partial charge on any atom is -0.508 e. The molecule has 0 unspecified atom stereocenters. The highest BCUT2D eigenvalue weighted by Crippen LogP contribution is 2.19. The second-order valence-electron chi connectivity index (χ2n) is 6.07. The fourth-order valence-electron chi connectivity index (χ4n) is 3.16. The molecule has 1 aliphatic rings. The average Bonchev–Trinajstić information content (AvgIpc) is 2.98. The molecule has 126 valence electrons. The topological polar surface area (TPSA) is 78.3 Å². The van der Waals surface area contributed by atoms with Crippen molar-refractivity contribution in [3.8, 4) is 11.4 Å². The normalized spacial score (nSPS) is 13.5. The fourth-order valence-corrected chi connectivity index (χ4v) is 3.16. The number of phenols is 1. The van der Waals surface area contributed by atoms with Crippen LogP contribution in [0.1, 0.15) is 21.6 Å². The summed E-state index contributed by atoms with van der Waals surface area (Å²) in [4.78, 5) is 27.0. The third-order valence-corrected chi connectivity index (χ3v) is 4.45. The Hall–Kier alpha value is -3.28. The second-order valence-corrected chi connectivity index (χ2v) is 6.07. The molecule has 1 aliphatic heterocycles. The monoisotopic (exact) mass is 335 g/mol. The van der Waals surface area contributed by atoms with E-state index in [1.165, 1.54) is 16.8 Å². The number of amides is 1. The first-order valence-electron chi connectivity index (χ1n) is 8.10. The van der Waals surface area contributed by atoms with Crippen molar-refractivity contribution in [1.29, 1.82) is 0 Å². The third-order valence-electron chi connectivity index (χ3n) is 4.45. The molecule has 6 heteroatoms. The van der Waals surface area contributed by atoms with Crippen molar-refractivity contribution in [3.05, 3.63) is 81.8 Å². The number of nitrogens with zero attached hydrogens (tertiary/aromatic N) is 2. The van der Waals surface area contributed by atoms with Crippen molar-refractivity contribution in [1.82, 2.24) is 14.7 Å². The molecule has 0 saturated heterocycles. The van der Waals surface area contributed by atoms with Crippen molar-refractivity contribution in [2.75, 3.05) is 6.54 Å². The van der Waals surface area contributed by atoms with Gasteiger partial charge in [-0.25, -0.2) is 4.68 Å². The number of hydrogen-bond acceptors (Lipinski definition) is 3. The number of hydrogen-bond donors (Lipinski definition) is 2. The summed E-state index contributed by atoms with van der Waals surface area (Å²) in [6, 6.07) is 15.6.